The summed E-state index contributed by atoms with van der Waals surface area (Å²) in [5, 5.41) is 6.35. The van der Waals surface area contributed by atoms with Gasteiger partial charge in [0, 0.05) is 5.92 Å². The van der Waals surface area contributed by atoms with Crippen LogP contribution in [0.5, 0.6) is 0 Å². The van der Waals surface area contributed by atoms with E-state index in [9.17, 15) is 9.18 Å². The first-order chi connectivity index (χ1) is 9.79. The maximum absolute atomic E-state index is 13.1. The van der Waals surface area contributed by atoms with Crippen LogP contribution in [0.25, 0.3) is 0 Å². The highest BCUT2D eigenvalue weighted by Crippen LogP contribution is 2.33. The lowest BCUT2D eigenvalue weighted by Gasteiger charge is -2.36. The summed E-state index contributed by atoms with van der Waals surface area (Å²) < 4.78 is 13.1. The molecule has 0 aliphatic carbocycles. The third kappa shape index (κ3) is 3.82. The van der Waals surface area contributed by atoms with Crippen molar-refractivity contribution in [2.45, 2.75) is 33.7 Å². The van der Waals surface area contributed by atoms with Crippen LogP contribution in [-0.4, -0.2) is 19.0 Å². The van der Waals surface area contributed by atoms with Crippen molar-refractivity contribution in [2.75, 3.05) is 13.1 Å². The summed E-state index contributed by atoms with van der Waals surface area (Å²) in [6, 6.07) is 6.27. The van der Waals surface area contributed by atoms with Gasteiger partial charge in [-0.3, -0.25) is 4.79 Å². The van der Waals surface area contributed by atoms with Crippen LogP contribution in [0.2, 0.25) is 0 Å². The second-order valence-electron chi connectivity index (χ2n) is 7.07. The van der Waals surface area contributed by atoms with Crippen molar-refractivity contribution >= 4 is 5.91 Å². The number of nitrogens with one attached hydrogen (secondary N) is 2. The molecular formula is C17H25FN2O. The Morgan fingerprint density at radius 3 is 2.29 bits per heavy atom. The monoisotopic (exact) mass is 292 g/mol. The van der Waals surface area contributed by atoms with Gasteiger partial charge in [-0.05, 0) is 42.1 Å². The van der Waals surface area contributed by atoms with E-state index in [-0.39, 0.29) is 29.1 Å². The smallest absolute Gasteiger partial charge is 0.223 e. The molecule has 1 heterocycles. The molecule has 1 aliphatic heterocycles. The molecule has 1 aromatic rings. The summed E-state index contributed by atoms with van der Waals surface area (Å²) in [5.74, 6) is 0.229. The van der Waals surface area contributed by atoms with Crippen molar-refractivity contribution in [3.63, 3.8) is 0 Å². The van der Waals surface area contributed by atoms with E-state index >= 15 is 0 Å². The van der Waals surface area contributed by atoms with E-state index in [1.54, 1.807) is 12.1 Å². The topological polar surface area (TPSA) is 41.1 Å². The SMILES string of the molecule is CC(C(=O)NC(c1ccc(F)cc1)C(C)(C)C)C1CNC1. The summed E-state index contributed by atoms with van der Waals surface area (Å²) in [4.78, 5) is 12.5. The average Bonchev–Trinajstić information content (AvgIpc) is 2.33. The quantitative estimate of drug-likeness (QED) is 0.896. The van der Waals surface area contributed by atoms with Gasteiger partial charge in [-0.2, -0.15) is 0 Å². The molecule has 1 saturated heterocycles. The van der Waals surface area contributed by atoms with Crippen molar-refractivity contribution in [1.82, 2.24) is 10.6 Å². The van der Waals surface area contributed by atoms with Crippen molar-refractivity contribution in [1.29, 1.82) is 0 Å². The zero-order chi connectivity index (χ0) is 15.6. The summed E-state index contributed by atoms with van der Waals surface area (Å²) >= 11 is 0. The van der Waals surface area contributed by atoms with Gasteiger partial charge in [0.05, 0.1) is 6.04 Å². The highest BCUT2D eigenvalue weighted by molar-refractivity contribution is 5.79. The Morgan fingerprint density at radius 1 is 1.29 bits per heavy atom. The van der Waals surface area contributed by atoms with E-state index in [1.165, 1.54) is 12.1 Å². The minimum atomic E-state index is -0.258. The van der Waals surface area contributed by atoms with Crippen LogP contribution in [0, 0.1) is 23.1 Å². The molecule has 2 N–H and O–H groups in total. The number of hydrogen-bond donors (Lipinski definition) is 2. The molecular weight excluding hydrogens is 267 g/mol. The van der Waals surface area contributed by atoms with E-state index in [0.29, 0.717) is 5.92 Å². The molecule has 0 aromatic heterocycles. The fraction of sp³-hybridized carbons (Fsp3) is 0.588. The van der Waals surface area contributed by atoms with Crippen LogP contribution in [0.3, 0.4) is 0 Å². The molecule has 21 heavy (non-hydrogen) atoms. The van der Waals surface area contributed by atoms with Gasteiger partial charge in [-0.15, -0.1) is 0 Å². The molecule has 116 valence electrons. The molecule has 0 spiro atoms. The lowest BCUT2D eigenvalue weighted by atomic mass is 9.81. The molecule has 1 fully saturated rings. The molecule has 3 nitrogen and oxygen atoms in total. The Morgan fingerprint density at radius 2 is 1.86 bits per heavy atom. The predicted octanol–water partition coefficient (Wildman–Crippen LogP) is 2.88. The number of rotatable bonds is 4. The van der Waals surface area contributed by atoms with Crippen LogP contribution in [-0.2, 0) is 4.79 Å². The molecule has 0 saturated carbocycles. The van der Waals surface area contributed by atoms with E-state index in [4.69, 9.17) is 0 Å². The molecule has 0 radical (unpaired) electrons. The maximum atomic E-state index is 13.1. The number of amides is 1. The third-order valence-corrected chi connectivity index (χ3v) is 4.29. The molecule has 2 rings (SSSR count). The normalized spacial score (nSPS) is 18.7. The standard InChI is InChI=1S/C17H25FN2O/c1-11(13-9-19-10-13)16(21)20-15(17(2,3)4)12-5-7-14(18)8-6-12/h5-8,11,13,15,19H,9-10H2,1-4H3,(H,20,21). The average molecular weight is 292 g/mol. The van der Waals surface area contributed by atoms with Crippen molar-refractivity contribution in [3.05, 3.63) is 35.6 Å². The fourth-order valence-corrected chi connectivity index (χ4v) is 2.61. The van der Waals surface area contributed by atoms with E-state index in [0.717, 1.165) is 18.7 Å². The van der Waals surface area contributed by atoms with Gasteiger partial charge in [0.1, 0.15) is 5.82 Å². The summed E-state index contributed by atoms with van der Waals surface area (Å²) in [6.45, 7) is 10.0. The van der Waals surface area contributed by atoms with Gasteiger partial charge in [0.25, 0.3) is 0 Å². The van der Waals surface area contributed by atoms with Crippen LogP contribution < -0.4 is 10.6 Å². The van der Waals surface area contributed by atoms with Gasteiger partial charge in [-0.25, -0.2) is 4.39 Å². The Kier molecular flexibility index (Phi) is 4.67. The fourth-order valence-electron chi connectivity index (χ4n) is 2.61. The van der Waals surface area contributed by atoms with Crippen molar-refractivity contribution in [3.8, 4) is 0 Å². The molecule has 1 amide bonds. The molecule has 2 atom stereocenters. The van der Waals surface area contributed by atoms with Gasteiger partial charge in [0.2, 0.25) is 5.91 Å². The second-order valence-corrected chi connectivity index (χ2v) is 7.07. The molecule has 0 bridgehead atoms. The van der Waals surface area contributed by atoms with Crippen LogP contribution in [0.1, 0.15) is 39.3 Å². The number of benzene rings is 1. The van der Waals surface area contributed by atoms with E-state index < -0.39 is 0 Å². The zero-order valence-corrected chi connectivity index (χ0v) is 13.2. The lowest BCUT2D eigenvalue weighted by molar-refractivity contribution is -0.128. The van der Waals surface area contributed by atoms with Gasteiger partial charge in [0.15, 0.2) is 0 Å². The van der Waals surface area contributed by atoms with Crippen LogP contribution in [0.15, 0.2) is 24.3 Å². The number of carbonyl (C=O) groups excluding carboxylic acids is 1. The highest BCUT2D eigenvalue weighted by atomic mass is 19.1. The summed E-state index contributed by atoms with van der Waals surface area (Å²) in [6.07, 6.45) is 0. The van der Waals surface area contributed by atoms with Gasteiger partial charge < -0.3 is 10.6 Å². The Balaban J connectivity index is 2.13. The van der Waals surface area contributed by atoms with Crippen molar-refractivity contribution < 1.29 is 9.18 Å². The second kappa shape index (κ2) is 6.14. The maximum Gasteiger partial charge on any atom is 0.223 e. The zero-order valence-electron chi connectivity index (χ0n) is 13.2. The van der Waals surface area contributed by atoms with E-state index in [2.05, 4.69) is 31.4 Å². The minimum absolute atomic E-state index is 0.00320. The molecule has 2 unspecified atom stereocenters. The predicted molar refractivity (Wildman–Crippen MR) is 82.3 cm³/mol. The lowest BCUT2D eigenvalue weighted by Crippen LogP contribution is -2.50. The first-order valence-corrected chi connectivity index (χ1v) is 7.55. The third-order valence-electron chi connectivity index (χ3n) is 4.29. The number of carbonyl (C=O) groups is 1. The van der Waals surface area contributed by atoms with Crippen molar-refractivity contribution in [2.24, 2.45) is 17.3 Å². The molecule has 1 aliphatic rings. The molecule has 1 aromatic carbocycles. The Hall–Kier alpha value is -1.42. The van der Waals surface area contributed by atoms with Gasteiger partial charge in [-0.1, -0.05) is 39.8 Å². The first kappa shape index (κ1) is 16.0. The number of halogens is 1. The van der Waals surface area contributed by atoms with Gasteiger partial charge >= 0.3 is 0 Å². The first-order valence-electron chi connectivity index (χ1n) is 7.55. The Bertz CT molecular complexity index is 489. The minimum Gasteiger partial charge on any atom is -0.349 e. The Labute approximate surface area is 126 Å². The molecule has 4 heteroatoms. The largest absolute Gasteiger partial charge is 0.349 e. The summed E-state index contributed by atoms with van der Waals surface area (Å²) in [5.41, 5.74) is 0.807. The number of hydrogen-bond acceptors (Lipinski definition) is 2. The van der Waals surface area contributed by atoms with E-state index in [1.807, 2.05) is 6.92 Å². The summed E-state index contributed by atoms with van der Waals surface area (Å²) in [7, 11) is 0. The van der Waals surface area contributed by atoms with Crippen LogP contribution in [0.4, 0.5) is 4.39 Å². The highest BCUT2D eigenvalue weighted by Gasteiger charge is 2.33. The van der Waals surface area contributed by atoms with Crippen LogP contribution >= 0.6 is 0 Å².